The smallest absolute Gasteiger partial charge is 0.252 e. The van der Waals surface area contributed by atoms with Gasteiger partial charge in [-0.15, -0.1) is 11.3 Å². The molecule has 2 aromatic heterocycles. The molecule has 1 atom stereocenters. The van der Waals surface area contributed by atoms with Crippen molar-refractivity contribution in [2.75, 3.05) is 19.8 Å². The normalized spacial score (nSPS) is 23.8. The lowest BCUT2D eigenvalue weighted by atomic mass is 9.86. The summed E-state index contributed by atoms with van der Waals surface area (Å²) in [7, 11) is 0. The molecule has 27 heavy (non-hydrogen) atoms. The molecule has 1 saturated heterocycles. The minimum atomic E-state index is -0.500. The van der Waals surface area contributed by atoms with Gasteiger partial charge in [-0.2, -0.15) is 5.10 Å². The number of carbonyl (C=O) groups is 1. The number of aromatic nitrogens is 2. The van der Waals surface area contributed by atoms with Crippen LogP contribution in [0.15, 0.2) is 12.4 Å². The van der Waals surface area contributed by atoms with Gasteiger partial charge in [-0.3, -0.25) is 4.79 Å². The number of rotatable bonds is 3. The molecular formula is C19H25N3O4S. The van der Waals surface area contributed by atoms with Gasteiger partial charge in [0.25, 0.3) is 5.91 Å². The van der Waals surface area contributed by atoms with Crippen LogP contribution < -0.4 is 5.73 Å². The Morgan fingerprint density at radius 3 is 2.78 bits per heavy atom. The van der Waals surface area contributed by atoms with Gasteiger partial charge in [-0.25, -0.2) is 4.68 Å². The Hall–Kier alpha value is -1.74. The second-order valence-electron chi connectivity index (χ2n) is 8.16. The highest BCUT2D eigenvalue weighted by Crippen LogP contribution is 2.47. The van der Waals surface area contributed by atoms with Gasteiger partial charge < -0.3 is 19.9 Å². The average Bonchev–Trinajstić information content (AvgIpc) is 3.18. The van der Waals surface area contributed by atoms with Crippen molar-refractivity contribution in [2.45, 2.75) is 51.4 Å². The van der Waals surface area contributed by atoms with Crippen LogP contribution in [0, 0.1) is 0 Å². The van der Waals surface area contributed by atoms with Crippen LogP contribution in [0.1, 0.15) is 60.2 Å². The van der Waals surface area contributed by atoms with E-state index in [0.717, 1.165) is 21.0 Å². The number of fused-ring (bicyclic) bond motifs is 1. The summed E-state index contributed by atoms with van der Waals surface area (Å²) in [5.74, 6) is -0.440. The lowest BCUT2D eigenvalue weighted by Crippen LogP contribution is -2.42. The van der Waals surface area contributed by atoms with Gasteiger partial charge in [0, 0.05) is 23.1 Å². The molecule has 7 nitrogen and oxygen atoms in total. The van der Waals surface area contributed by atoms with E-state index in [1.54, 1.807) is 10.9 Å². The zero-order valence-corrected chi connectivity index (χ0v) is 16.9. The third kappa shape index (κ3) is 3.31. The highest BCUT2D eigenvalue weighted by atomic mass is 32.1. The summed E-state index contributed by atoms with van der Waals surface area (Å²) in [5.41, 5.74) is 7.35. The highest BCUT2D eigenvalue weighted by Gasteiger charge is 2.43. The Kier molecular flexibility index (Phi) is 4.42. The van der Waals surface area contributed by atoms with Crippen LogP contribution in [-0.2, 0) is 26.2 Å². The quantitative estimate of drug-likeness (QED) is 0.869. The Morgan fingerprint density at radius 2 is 2.11 bits per heavy atom. The molecule has 0 aromatic carbocycles. The second kappa shape index (κ2) is 6.41. The first-order valence-electron chi connectivity index (χ1n) is 9.08. The van der Waals surface area contributed by atoms with E-state index in [-0.39, 0.29) is 11.7 Å². The summed E-state index contributed by atoms with van der Waals surface area (Å²) >= 11 is 1.51. The maximum absolute atomic E-state index is 12.4. The van der Waals surface area contributed by atoms with Crippen LogP contribution in [0.3, 0.4) is 0 Å². The van der Waals surface area contributed by atoms with E-state index < -0.39 is 11.5 Å². The van der Waals surface area contributed by atoms with Gasteiger partial charge in [-0.05, 0) is 33.3 Å². The zero-order valence-electron chi connectivity index (χ0n) is 16.1. The van der Waals surface area contributed by atoms with E-state index in [1.165, 1.54) is 11.3 Å². The van der Waals surface area contributed by atoms with Crippen molar-refractivity contribution in [1.82, 2.24) is 9.78 Å². The molecule has 1 fully saturated rings. The van der Waals surface area contributed by atoms with E-state index >= 15 is 0 Å². The van der Waals surface area contributed by atoms with Gasteiger partial charge in [0.15, 0.2) is 0 Å². The lowest BCUT2D eigenvalue weighted by Gasteiger charge is -2.41. The summed E-state index contributed by atoms with van der Waals surface area (Å²) in [6, 6.07) is 0. The Bertz CT molecular complexity index is 878. The molecule has 1 amide bonds. The van der Waals surface area contributed by atoms with Gasteiger partial charge in [-0.1, -0.05) is 0 Å². The largest absolute Gasteiger partial charge is 0.376 e. The van der Waals surface area contributed by atoms with E-state index in [4.69, 9.17) is 19.9 Å². The van der Waals surface area contributed by atoms with Crippen molar-refractivity contribution in [2.24, 2.45) is 5.73 Å². The first-order valence-corrected chi connectivity index (χ1v) is 9.90. The van der Waals surface area contributed by atoms with Gasteiger partial charge in [0.2, 0.25) is 0 Å². The molecular weight excluding hydrogens is 366 g/mol. The minimum absolute atomic E-state index is 0.141. The van der Waals surface area contributed by atoms with E-state index in [2.05, 4.69) is 5.10 Å². The molecule has 0 radical (unpaired) electrons. The predicted molar refractivity (Wildman–Crippen MR) is 101 cm³/mol. The molecule has 0 aliphatic carbocycles. The summed E-state index contributed by atoms with van der Waals surface area (Å²) in [5, 5.41) is 5.20. The predicted octanol–water partition coefficient (Wildman–Crippen LogP) is 2.71. The maximum Gasteiger partial charge on any atom is 0.252 e. The Labute approximate surface area is 162 Å². The van der Waals surface area contributed by atoms with E-state index in [1.807, 2.05) is 33.9 Å². The number of hydrogen-bond donors (Lipinski definition) is 1. The number of amides is 1. The summed E-state index contributed by atoms with van der Waals surface area (Å²) in [6.45, 7) is 9.80. The van der Waals surface area contributed by atoms with Crippen molar-refractivity contribution in [3.8, 4) is 5.00 Å². The Morgan fingerprint density at radius 1 is 1.33 bits per heavy atom. The maximum atomic E-state index is 12.4. The summed E-state index contributed by atoms with van der Waals surface area (Å²) in [4.78, 5) is 13.4. The first-order chi connectivity index (χ1) is 12.7. The van der Waals surface area contributed by atoms with E-state index in [0.29, 0.717) is 31.8 Å². The SMILES string of the molecule is CC1(C)Cc2c(sc(-n3cc(C4COCCO4)cn3)c2C(N)=O)C(C)(C)O1. The Balaban J connectivity index is 1.79. The molecule has 0 bridgehead atoms. The fraction of sp³-hybridized carbons (Fsp3) is 0.579. The highest BCUT2D eigenvalue weighted by molar-refractivity contribution is 7.15. The monoisotopic (exact) mass is 391 g/mol. The van der Waals surface area contributed by atoms with Crippen LogP contribution in [0.2, 0.25) is 0 Å². The van der Waals surface area contributed by atoms with Crippen LogP contribution >= 0.6 is 11.3 Å². The van der Waals surface area contributed by atoms with Crippen molar-refractivity contribution in [3.63, 3.8) is 0 Å². The lowest BCUT2D eigenvalue weighted by molar-refractivity contribution is -0.135. The van der Waals surface area contributed by atoms with Gasteiger partial charge >= 0.3 is 0 Å². The number of thiophene rings is 1. The molecule has 2 N–H and O–H groups in total. The van der Waals surface area contributed by atoms with Crippen LogP contribution in [-0.4, -0.2) is 41.1 Å². The molecule has 0 spiro atoms. The molecule has 8 heteroatoms. The standard InChI is InChI=1S/C19H25N3O4S/c1-18(2)7-12-14(16(20)23)17(27-15(12)19(3,4)26-18)22-9-11(8-21-22)13-10-24-5-6-25-13/h8-9,13H,5-7,10H2,1-4H3,(H2,20,23). The summed E-state index contributed by atoms with van der Waals surface area (Å²) < 4.78 is 19.2. The summed E-state index contributed by atoms with van der Waals surface area (Å²) in [6.07, 6.45) is 4.14. The molecule has 4 rings (SSSR count). The van der Waals surface area contributed by atoms with Crippen molar-refractivity contribution in [3.05, 3.63) is 34.0 Å². The molecule has 0 saturated carbocycles. The van der Waals surface area contributed by atoms with Crippen LogP contribution in [0.25, 0.3) is 5.00 Å². The number of primary amides is 1. The van der Waals surface area contributed by atoms with Crippen LogP contribution in [0.5, 0.6) is 0 Å². The topological polar surface area (TPSA) is 88.6 Å². The molecule has 2 aromatic rings. The fourth-order valence-electron chi connectivity index (χ4n) is 4.02. The fourth-order valence-corrected chi connectivity index (χ4v) is 5.31. The van der Waals surface area contributed by atoms with Gasteiger partial charge in [0.1, 0.15) is 11.1 Å². The number of nitrogens with zero attached hydrogens (tertiary/aromatic N) is 2. The molecule has 2 aliphatic rings. The average molecular weight is 391 g/mol. The number of hydrogen-bond acceptors (Lipinski definition) is 6. The molecule has 4 heterocycles. The molecule has 1 unspecified atom stereocenters. The number of nitrogens with two attached hydrogens (primary N) is 1. The van der Waals surface area contributed by atoms with Crippen molar-refractivity contribution >= 4 is 17.2 Å². The molecule has 146 valence electrons. The van der Waals surface area contributed by atoms with Crippen molar-refractivity contribution in [1.29, 1.82) is 0 Å². The van der Waals surface area contributed by atoms with Gasteiger partial charge in [0.05, 0.1) is 42.8 Å². The molecule has 2 aliphatic heterocycles. The third-order valence-electron chi connectivity index (χ3n) is 4.91. The van der Waals surface area contributed by atoms with Crippen molar-refractivity contribution < 1.29 is 19.0 Å². The first kappa shape index (κ1) is 18.6. The van der Waals surface area contributed by atoms with Crippen LogP contribution in [0.4, 0.5) is 0 Å². The third-order valence-corrected chi connectivity index (χ3v) is 6.44. The number of ether oxygens (including phenoxy) is 3. The second-order valence-corrected chi connectivity index (χ2v) is 9.15. The number of carbonyl (C=O) groups excluding carboxylic acids is 1. The minimum Gasteiger partial charge on any atom is -0.376 e. The van der Waals surface area contributed by atoms with E-state index in [9.17, 15) is 4.79 Å². The zero-order chi connectivity index (χ0) is 19.4.